The minimum atomic E-state index is -0.820. The van der Waals surface area contributed by atoms with Gasteiger partial charge in [-0.3, -0.25) is 9.59 Å². The topological polar surface area (TPSA) is 66.4 Å². The van der Waals surface area contributed by atoms with E-state index >= 15 is 0 Å². The molecule has 0 fully saturated rings. The zero-order valence-electron chi connectivity index (χ0n) is 11.6. The summed E-state index contributed by atoms with van der Waals surface area (Å²) >= 11 is 11.7. The van der Waals surface area contributed by atoms with Crippen LogP contribution in [0, 0.1) is 5.92 Å². The van der Waals surface area contributed by atoms with Crippen LogP contribution in [-0.2, 0) is 9.59 Å². The van der Waals surface area contributed by atoms with Gasteiger partial charge in [0.2, 0.25) is 5.91 Å². The molecule has 0 aliphatic carbocycles. The Bertz CT molecular complexity index is 523. The average Bonchev–Trinajstić information content (AvgIpc) is 2.40. The molecule has 4 nitrogen and oxygen atoms in total. The summed E-state index contributed by atoms with van der Waals surface area (Å²) in [5.41, 5.74) is 0.738. The third kappa shape index (κ3) is 7.16. The van der Waals surface area contributed by atoms with E-state index in [1.807, 2.05) is 0 Å². The molecule has 1 amide bonds. The van der Waals surface area contributed by atoms with Crippen molar-refractivity contribution in [1.29, 1.82) is 0 Å². The number of carboxylic acids is 1. The van der Waals surface area contributed by atoms with Gasteiger partial charge in [-0.25, -0.2) is 0 Å². The lowest BCUT2D eigenvalue weighted by Gasteiger charge is -2.06. The van der Waals surface area contributed by atoms with E-state index in [-0.39, 0.29) is 5.91 Å². The molecular weight excluding hydrogens is 313 g/mol. The summed E-state index contributed by atoms with van der Waals surface area (Å²) in [5.74, 6) is -1.46. The highest BCUT2D eigenvalue weighted by Crippen LogP contribution is 2.19. The molecule has 0 aliphatic rings. The van der Waals surface area contributed by atoms with Gasteiger partial charge in [0, 0.05) is 22.7 Å². The van der Waals surface area contributed by atoms with Crippen molar-refractivity contribution in [3.8, 4) is 0 Å². The first-order valence-corrected chi connectivity index (χ1v) is 7.29. The fourth-order valence-corrected chi connectivity index (χ4v) is 2.19. The van der Waals surface area contributed by atoms with Gasteiger partial charge < -0.3 is 10.4 Å². The fraction of sp³-hybridized carbons (Fsp3) is 0.333. The van der Waals surface area contributed by atoms with Crippen molar-refractivity contribution in [2.24, 2.45) is 5.92 Å². The molecule has 2 N–H and O–H groups in total. The van der Waals surface area contributed by atoms with Gasteiger partial charge in [-0.2, -0.15) is 0 Å². The van der Waals surface area contributed by atoms with Crippen LogP contribution in [0.15, 0.2) is 24.3 Å². The molecule has 6 heteroatoms. The lowest BCUT2D eigenvalue weighted by Crippen LogP contribution is -2.23. The second-order valence-corrected chi connectivity index (χ2v) is 5.58. The minimum absolute atomic E-state index is 0.242. The Hall–Kier alpha value is -1.52. The van der Waals surface area contributed by atoms with Gasteiger partial charge in [0.1, 0.15) is 0 Å². The van der Waals surface area contributed by atoms with Crippen LogP contribution in [0.2, 0.25) is 10.0 Å². The Morgan fingerprint density at radius 3 is 2.48 bits per heavy atom. The van der Waals surface area contributed by atoms with E-state index in [2.05, 4.69) is 5.32 Å². The second kappa shape index (κ2) is 8.70. The highest BCUT2D eigenvalue weighted by molar-refractivity contribution is 6.34. The lowest BCUT2D eigenvalue weighted by atomic mass is 10.1. The molecule has 1 rings (SSSR count). The normalized spacial score (nSPS) is 12.3. The number of carboxylic acid groups (broad SMARTS) is 1. The van der Waals surface area contributed by atoms with E-state index < -0.39 is 11.9 Å². The van der Waals surface area contributed by atoms with E-state index in [0.29, 0.717) is 29.4 Å². The summed E-state index contributed by atoms with van der Waals surface area (Å²) in [7, 11) is 0. The molecule has 0 aliphatic heterocycles. The predicted molar refractivity (Wildman–Crippen MR) is 84.5 cm³/mol. The van der Waals surface area contributed by atoms with Gasteiger partial charge in [0.15, 0.2) is 0 Å². The number of aliphatic carboxylic acids is 1. The molecule has 0 bridgehead atoms. The van der Waals surface area contributed by atoms with Gasteiger partial charge in [-0.05, 0) is 42.7 Å². The number of carbonyl (C=O) groups excluding carboxylic acids is 1. The third-order valence-corrected chi connectivity index (χ3v) is 3.28. The fourth-order valence-electron chi connectivity index (χ4n) is 1.65. The van der Waals surface area contributed by atoms with Crippen LogP contribution in [0.25, 0.3) is 6.08 Å². The largest absolute Gasteiger partial charge is 0.481 e. The SMILES string of the molecule is CC(CCCNC(=O)/C=C/c1cc(Cl)cc(Cl)c1)C(=O)O. The van der Waals surface area contributed by atoms with Crippen molar-refractivity contribution in [1.82, 2.24) is 5.32 Å². The Labute approximate surface area is 133 Å². The average molecular weight is 330 g/mol. The maximum absolute atomic E-state index is 11.6. The number of halogens is 2. The summed E-state index contributed by atoms with van der Waals surface area (Å²) in [4.78, 5) is 22.2. The first-order chi connectivity index (χ1) is 9.88. The van der Waals surface area contributed by atoms with Gasteiger partial charge in [-0.15, -0.1) is 0 Å². The summed E-state index contributed by atoms with van der Waals surface area (Å²) in [5, 5.41) is 12.4. The summed E-state index contributed by atoms with van der Waals surface area (Å²) in [6.45, 7) is 2.09. The standard InChI is InChI=1S/C15H17Cl2NO3/c1-10(15(20)21)3-2-6-18-14(19)5-4-11-7-12(16)9-13(17)8-11/h4-5,7-10H,2-3,6H2,1H3,(H,18,19)(H,20,21)/b5-4+. The van der Waals surface area contributed by atoms with Crippen LogP contribution in [0.4, 0.5) is 0 Å². The van der Waals surface area contributed by atoms with E-state index in [0.717, 1.165) is 5.56 Å². The molecule has 114 valence electrons. The van der Waals surface area contributed by atoms with Crippen LogP contribution < -0.4 is 5.32 Å². The van der Waals surface area contributed by atoms with Crippen LogP contribution in [0.3, 0.4) is 0 Å². The van der Waals surface area contributed by atoms with Crippen LogP contribution in [-0.4, -0.2) is 23.5 Å². The molecule has 1 atom stereocenters. The van der Waals surface area contributed by atoms with Crippen molar-refractivity contribution < 1.29 is 14.7 Å². The highest BCUT2D eigenvalue weighted by atomic mass is 35.5. The van der Waals surface area contributed by atoms with E-state index in [9.17, 15) is 9.59 Å². The second-order valence-electron chi connectivity index (χ2n) is 4.71. The van der Waals surface area contributed by atoms with Gasteiger partial charge >= 0.3 is 5.97 Å². The Morgan fingerprint density at radius 1 is 1.29 bits per heavy atom. The molecule has 1 aromatic rings. The van der Waals surface area contributed by atoms with Gasteiger partial charge in [0.25, 0.3) is 0 Å². The monoisotopic (exact) mass is 329 g/mol. The molecule has 21 heavy (non-hydrogen) atoms. The van der Waals surface area contributed by atoms with Crippen LogP contribution >= 0.6 is 23.2 Å². The molecule has 0 saturated heterocycles. The Balaban J connectivity index is 2.36. The zero-order chi connectivity index (χ0) is 15.8. The first-order valence-electron chi connectivity index (χ1n) is 6.53. The third-order valence-electron chi connectivity index (χ3n) is 2.85. The van der Waals surface area contributed by atoms with Crippen molar-refractivity contribution in [2.45, 2.75) is 19.8 Å². The number of hydrogen-bond donors (Lipinski definition) is 2. The number of hydrogen-bond acceptors (Lipinski definition) is 2. The predicted octanol–water partition coefficient (Wildman–Crippen LogP) is 3.62. The summed E-state index contributed by atoms with van der Waals surface area (Å²) in [6.07, 6.45) is 4.16. The zero-order valence-corrected chi connectivity index (χ0v) is 13.1. The minimum Gasteiger partial charge on any atom is -0.481 e. The molecule has 0 radical (unpaired) electrons. The smallest absolute Gasteiger partial charge is 0.306 e. The number of nitrogens with one attached hydrogen (secondary N) is 1. The molecule has 0 spiro atoms. The molecule has 0 saturated carbocycles. The highest BCUT2D eigenvalue weighted by Gasteiger charge is 2.09. The number of amides is 1. The lowest BCUT2D eigenvalue weighted by molar-refractivity contribution is -0.141. The Morgan fingerprint density at radius 2 is 1.90 bits per heavy atom. The van der Waals surface area contributed by atoms with Gasteiger partial charge in [-0.1, -0.05) is 30.1 Å². The molecule has 0 aromatic heterocycles. The van der Waals surface area contributed by atoms with Crippen LogP contribution in [0.1, 0.15) is 25.3 Å². The van der Waals surface area contributed by atoms with Crippen molar-refractivity contribution in [3.05, 3.63) is 39.9 Å². The molecule has 1 aromatic carbocycles. The number of carbonyl (C=O) groups is 2. The maximum atomic E-state index is 11.6. The molecular formula is C15H17Cl2NO3. The van der Waals surface area contributed by atoms with E-state index in [1.54, 1.807) is 31.2 Å². The quantitative estimate of drug-likeness (QED) is 0.593. The number of benzene rings is 1. The molecule has 0 heterocycles. The van der Waals surface area contributed by atoms with Crippen molar-refractivity contribution in [2.75, 3.05) is 6.54 Å². The van der Waals surface area contributed by atoms with Crippen molar-refractivity contribution >= 4 is 41.2 Å². The first kappa shape index (κ1) is 17.5. The van der Waals surface area contributed by atoms with Crippen molar-refractivity contribution in [3.63, 3.8) is 0 Å². The summed E-state index contributed by atoms with van der Waals surface area (Å²) in [6, 6.07) is 5.02. The Kier molecular flexibility index (Phi) is 7.26. The summed E-state index contributed by atoms with van der Waals surface area (Å²) < 4.78 is 0. The maximum Gasteiger partial charge on any atom is 0.306 e. The number of rotatable bonds is 7. The van der Waals surface area contributed by atoms with E-state index in [4.69, 9.17) is 28.3 Å². The van der Waals surface area contributed by atoms with Gasteiger partial charge in [0.05, 0.1) is 5.92 Å². The van der Waals surface area contributed by atoms with Crippen LogP contribution in [0.5, 0.6) is 0 Å². The van der Waals surface area contributed by atoms with E-state index in [1.165, 1.54) is 6.08 Å². The molecule has 1 unspecified atom stereocenters.